The first-order valence-electron chi connectivity index (χ1n) is 7.65. The lowest BCUT2D eigenvalue weighted by Gasteiger charge is -2.30. The predicted molar refractivity (Wildman–Crippen MR) is 84.0 cm³/mol. The second kappa shape index (κ2) is 6.70. The zero-order valence-electron chi connectivity index (χ0n) is 13.3. The van der Waals surface area contributed by atoms with Gasteiger partial charge in [0.25, 0.3) is 0 Å². The third-order valence-electron chi connectivity index (χ3n) is 4.51. The van der Waals surface area contributed by atoms with Gasteiger partial charge < -0.3 is 10.0 Å². The summed E-state index contributed by atoms with van der Waals surface area (Å²) >= 11 is 0. The molecule has 20 heavy (non-hydrogen) atoms. The summed E-state index contributed by atoms with van der Waals surface area (Å²) in [5.74, 6) is 0. The van der Waals surface area contributed by atoms with Gasteiger partial charge in [0.15, 0.2) is 0 Å². The van der Waals surface area contributed by atoms with E-state index in [2.05, 4.69) is 55.8 Å². The minimum Gasteiger partial charge on any atom is -0.387 e. The van der Waals surface area contributed by atoms with E-state index in [9.17, 15) is 5.11 Å². The molecule has 112 valence electrons. The number of rotatable bonds is 3. The monoisotopic (exact) mass is 276 g/mol. The lowest BCUT2D eigenvalue weighted by molar-refractivity contribution is 0.0920. The lowest BCUT2D eigenvalue weighted by atomic mass is 10.0. The van der Waals surface area contributed by atoms with Crippen LogP contribution in [0.2, 0.25) is 0 Å². The van der Waals surface area contributed by atoms with E-state index < -0.39 is 0 Å². The van der Waals surface area contributed by atoms with Gasteiger partial charge in [-0.05, 0) is 64.0 Å². The molecule has 0 spiro atoms. The molecule has 0 radical (unpaired) electrons. The van der Waals surface area contributed by atoms with Crippen LogP contribution in [0.25, 0.3) is 0 Å². The van der Waals surface area contributed by atoms with E-state index in [-0.39, 0.29) is 6.10 Å². The largest absolute Gasteiger partial charge is 0.387 e. The van der Waals surface area contributed by atoms with E-state index in [1.54, 1.807) is 0 Å². The summed E-state index contributed by atoms with van der Waals surface area (Å²) in [5, 5.41) is 10.5. The highest BCUT2D eigenvalue weighted by Gasteiger charge is 2.22. The maximum atomic E-state index is 10.5. The van der Waals surface area contributed by atoms with Crippen LogP contribution in [0.4, 0.5) is 0 Å². The molecule has 0 aliphatic carbocycles. The Hall–Kier alpha value is -0.900. The Kier molecular flexibility index (Phi) is 5.19. The SMILES string of the molecule is Cc1ccc(C(O)CN2CCCN(C)CC2C)cc1C. The number of β-amino-alcohol motifs (C(OH)–C–C–N with tert-alkyl or cyclic N) is 1. The Morgan fingerprint density at radius 2 is 2.00 bits per heavy atom. The van der Waals surface area contributed by atoms with E-state index in [4.69, 9.17) is 0 Å². The molecule has 0 bridgehead atoms. The van der Waals surface area contributed by atoms with Crippen LogP contribution in [-0.2, 0) is 0 Å². The Morgan fingerprint density at radius 1 is 1.25 bits per heavy atom. The van der Waals surface area contributed by atoms with Crippen molar-refractivity contribution in [1.82, 2.24) is 9.80 Å². The quantitative estimate of drug-likeness (QED) is 0.918. The predicted octanol–water partition coefficient (Wildman–Crippen LogP) is 2.36. The second-order valence-corrected chi connectivity index (χ2v) is 6.32. The number of hydrogen-bond acceptors (Lipinski definition) is 3. The van der Waals surface area contributed by atoms with Crippen molar-refractivity contribution in [3.8, 4) is 0 Å². The number of likely N-dealkylation sites (N-methyl/N-ethyl adjacent to an activating group) is 1. The molecule has 2 rings (SSSR count). The number of aliphatic hydroxyl groups excluding tert-OH is 1. The van der Waals surface area contributed by atoms with Crippen molar-refractivity contribution in [3.63, 3.8) is 0 Å². The molecular weight excluding hydrogens is 248 g/mol. The van der Waals surface area contributed by atoms with Gasteiger partial charge in [-0.1, -0.05) is 18.2 Å². The third-order valence-corrected chi connectivity index (χ3v) is 4.51. The molecule has 3 nitrogen and oxygen atoms in total. The topological polar surface area (TPSA) is 26.7 Å². The summed E-state index contributed by atoms with van der Waals surface area (Å²) in [4.78, 5) is 4.80. The second-order valence-electron chi connectivity index (χ2n) is 6.32. The minimum atomic E-state index is -0.389. The van der Waals surface area contributed by atoms with Crippen molar-refractivity contribution >= 4 is 0 Å². The standard InChI is InChI=1S/C17H28N2O/c1-13-6-7-16(10-14(13)2)17(20)12-19-9-5-8-18(4)11-15(19)3/h6-7,10,15,17,20H,5,8-9,11-12H2,1-4H3. The highest BCUT2D eigenvalue weighted by molar-refractivity contribution is 5.31. The molecule has 1 aliphatic heterocycles. The van der Waals surface area contributed by atoms with E-state index >= 15 is 0 Å². The molecule has 1 aliphatic rings. The third kappa shape index (κ3) is 3.81. The van der Waals surface area contributed by atoms with Gasteiger partial charge in [0, 0.05) is 19.1 Å². The van der Waals surface area contributed by atoms with Crippen molar-refractivity contribution in [2.45, 2.75) is 39.3 Å². The molecule has 2 unspecified atom stereocenters. The van der Waals surface area contributed by atoms with Crippen LogP contribution in [0.3, 0.4) is 0 Å². The number of benzene rings is 1. The fraction of sp³-hybridized carbons (Fsp3) is 0.647. The summed E-state index contributed by atoms with van der Waals surface area (Å²) in [6, 6.07) is 6.78. The fourth-order valence-electron chi connectivity index (χ4n) is 2.99. The highest BCUT2D eigenvalue weighted by atomic mass is 16.3. The smallest absolute Gasteiger partial charge is 0.0917 e. The Morgan fingerprint density at radius 3 is 2.70 bits per heavy atom. The van der Waals surface area contributed by atoms with Crippen molar-refractivity contribution in [3.05, 3.63) is 34.9 Å². The number of nitrogens with zero attached hydrogens (tertiary/aromatic N) is 2. The molecule has 3 heteroatoms. The first-order chi connectivity index (χ1) is 9.47. The van der Waals surface area contributed by atoms with E-state index in [1.807, 2.05) is 0 Å². The van der Waals surface area contributed by atoms with Gasteiger partial charge in [-0.25, -0.2) is 0 Å². The maximum Gasteiger partial charge on any atom is 0.0917 e. The number of aliphatic hydroxyl groups is 1. The molecule has 1 aromatic rings. The van der Waals surface area contributed by atoms with Gasteiger partial charge in [-0.3, -0.25) is 4.90 Å². The molecule has 1 aromatic carbocycles. The first kappa shape index (κ1) is 15.5. The van der Waals surface area contributed by atoms with Crippen molar-refractivity contribution in [2.75, 3.05) is 33.2 Å². The normalized spacial score (nSPS) is 23.6. The van der Waals surface area contributed by atoms with Gasteiger partial charge in [-0.2, -0.15) is 0 Å². The van der Waals surface area contributed by atoms with Gasteiger partial charge in [0.05, 0.1) is 6.10 Å². The zero-order chi connectivity index (χ0) is 14.7. The molecular formula is C17H28N2O. The first-order valence-corrected chi connectivity index (χ1v) is 7.65. The Balaban J connectivity index is 2.02. The summed E-state index contributed by atoms with van der Waals surface area (Å²) in [7, 11) is 2.18. The maximum absolute atomic E-state index is 10.5. The highest BCUT2D eigenvalue weighted by Crippen LogP contribution is 2.20. The molecule has 1 N–H and O–H groups in total. The number of hydrogen-bond donors (Lipinski definition) is 1. The van der Waals surface area contributed by atoms with Crippen molar-refractivity contribution in [1.29, 1.82) is 0 Å². The Bertz CT molecular complexity index is 447. The summed E-state index contributed by atoms with van der Waals surface area (Å²) in [6.07, 6.45) is 0.792. The molecule has 1 saturated heterocycles. The summed E-state index contributed by atoms with van der Waals surface area (Å²) in [5.41, 5.74) is 3.58. The average molecular weight is 276 g/mol. The molecule has 0 saturated carbocycles. The van der Waals surface area contributed by atoms with Crippen LogP contribution < -0.4 is 0 Å². The Labute approximate surface area is 123 Å². The van der Waals surface area contributed by atoms with Gasteiger partial charge in [0.2, 0.25) is 0 Å². The summed E-state index contributed by atoms with van der Waals surface area (Å²) < 4.78 is 0. The van der Waals surface area contributed by atoms with Gasteiger partial charge >= 0.3 is 0 Å². The molecule has 1 heterocycles. The van der Waals surface area contributed by atoms with Crippen LogP contribution >= 0.6 is 0 Å². The van der Waals surface area contributed by atoms with Crippen LogP contribution in [0.15, 0.2) is 18.2 Å². The van der Waals surface area contributed by atoms with E-state index in [0.29, 0.717) is 6.04 Å². The molecule has 0 amide bonds. The van der Waals surface area contributed by atoms with Gasteiger partial charge in [0.1, 0.15) is 0 Å². The number of aryl methyl sites for hydroxylation is 2. The lowest BCUT2D eigenvalue weighted by Crippen LogP contribution is -2.40. The minimum absolute atomic E-state index is 0.389. The van der Waals surface area contributed by atoms with E-state index in [1.165, 1.54) is 17.5 Å². The molecule has 2 atom stereocenters. The van der Waals surface area contributed by atoms with Crippen LogP contribution in [0, 0.1) is 13.8 Å². The zero-order valence-corrected chi connectivity index (χ0v) is 13.3. The van der Waals surface area contributed by atoms with Crippen LogP contribution in [0.5, 0.6) is 0 Å². The van der Waals surface area contributed by atoms with Crippen molar-refractivity contribution in [2.24, 2.45) is 0 Å². The summed E-state index contributed by atoms with van der Waals surface area (Å²) in [6.45, 7) is 10.5. The van der Waals surface area contributed by atoms with Crippen LogP contribution in [-0.4, -0.2) is 54.2 Å². The van der Waals surface area contributed by atoms with E-state index in [0.717, 1.165) is 31.7 Å². The average Bonchev–Trinajstić information content (AvgIpc) is 2.54. The van der Waals surface area contributed by atoms with Gasteiger partial charge in [-0.15, -0.1) is 0 Å². The van der Waals surface area contributed by atoms with Crippen molar-refractivity contribution < 1.29 is 5.11 Å². The van der Waals surface area contributed by atoms with Crippen LogP contribution in [0.1, 0.15) is 36.1 Å². The molecule has 1 fully saturated rings. The fourth-order valence-corrected chi connectivity index (χ4v) is 2.99. The molecule has 0 aromatic heterocycles.